The first-order valence-electron chi connectivity index (χ1n) is 11.6. The van der Waals surface area contributed by atoms with Crippen LogP contribution in [0.3, 0.4) is 0 Å². The maximum absolute atomic E-state index is 12.6. The SMILES string of the molecule is COc1c(C)c2c(c(OCC[Si](C)(C)C)c1CC=C(C)CN(CCP(=O)(O)O)C(C)=O)C(=O)OC2. The van der Waals surface area contributed by atoms with Gasteiger partial charge in [0.15, 0.2) is 0 Å². The van der Waals surface area contributed by atoms with Crippen molar-refractivity contribution >= 4 is 27.5 Å². The number of carbonyl (C=O) groups is 2. The number of hydrogen-bond acceptors (Lipinski definition) is 6. The van der Waals surface area contributed by atoms with Crippen molar-refractivity contribution in [3.05, 3.63) is 33.9 Å². The molecule has 1 aromatic rings. The van der Waals surface area contributed by atoms with Crippen LogP contribution in [-0.2, 0) is 27.1 Å². The number of nitrogens with zero attached hydrogens (tertiary/aromatic N) is 1. The Bertz CT molecular complexity index is 1040. The molecule has 0 fully saturated rings. The average Bonchev–Trinajstić information content (AvgIpc) is 3.11. The number of ether oxygens (including phenoxy) is 3. The van der Waals surface area contributed by atoms with Crippen molar-refractivity contribution in [2.24, 2.45) is 0 Å². The number of benzene rings is 1. The monoisotopic (exact) mass is 527 g/mol. The summed E-state index contributed by atoms with van der Waals surface area (Å²) in [5.74, 6) is 0.447. The van der Waals surface area contributed by atoms with Crippen LogP contribution in [-0.4, -0.2) is 67.6 Å². The van der Waals surface area contributed by atoms with E-state index >= 15 is 0 Å². The van der Waals surface area contributed by atoms with Gasteiger partial charge in [-0.25, -0.2) is 4.79 Å². The first kappa shape index (κ1) is 29.1. The number of rotatable bonds is 12. The lowest BCUT2D eigenvalue weighted by Gasteiger charge is -2.23. The standard InChI is InChI=1S/C24H38NO8PSi/c1-16(14-25(18(3)26)10-12-34(28,29)30)8-9-19-22(31-4)17(2)20-15-33-24(27)21(20)23(19)32-11-13-35(5,6)7/h8H,9-15H2,1-7H3,(H2,28,29,30). The quantitative estimate of drug-likeness (QED) is 0.182. The fourth-order valence-corrected chi connectivity index (χ4v) is 5.09. The summed E-state index contributed by atoms with van der Waals surface area (Å²) in [7, 11) is -4.00. The molecule has 0 saturated carbocycles. The first-order valence-corrected chi connectivity index (χ1v) is 17.1. The second-order valence-electron chi connectivity index (χ2n) is 10.1. The Morgan fingerprint density at radius 3 is 2.43 bits per heavy atom. The van der Waals surface area contributed by atoms with Crippen LogP contribution in [0.2, 0.25) is 25.7 Å². The zero-order valence-corrected chi connectivity index (χ0v) is 23.7. The van der Waals surface area contributed by atoms with Crippen molar-refractivity contribution in [1.29, 1.82) is 0 Å². The van der Waals surface area contributed by atoms with Crippen molar-refractivity contribution in [2.75, 3.05) is 33.0 Å². The van der Waals surface area contributed by atoms with Crippen LogP contribution < -0.4 is 9.47 Å². The molecular weight excluding hydrogens is 489 g/mol. The Labute approximate surface area is 208 Å². The van der Waals surface area contributed by atoms with Crippen molar-refractivity contribution in [3.8, 4) is 11.5 Å². The molecule has 0 unspecified atom stereocenters. The molecule has 0 aliphatic carbocycles. The molecule has 1 aliphatic rings. The number of carbonyl (C=O) groups excluding carboxylic acids is 2. The van der Waals surface area contributed by atoms with E-state index in [1.165, 1.54) is 11.8 Å². The summed E-state index contributed by atoms with van der Waals surface area (Å²) >= 11 is 0. The highest BCUT2D eigenvalue weighted by molar-refractivity contribution is 7.51. The van der Waals surface area contributed by atoms with Gasteiger partial charge < -0.3 is 28.9 Å². The van der Waals surface area contributed by atoms with Crippen LogP contribution in [0.5, 0.6) is 11.5 Å². The lowest BCUT2D eigenvalue weighted by atomic mass is 9.94. The Hall–Kier alpha value is -2.13. The highest BCUT2D eigenvalue weighted by Crippen LogP contribution is 2.43. The minimum absolute atomic E-state index is 0.0387. The summed E-state index contributed by atoms with van der Waals surface area (Å²) in [5, 5.41) is 0. The van der Waals surface area contributed by atoms with Gasteiger partial charge in [0.05, 0.1) is 19.9 Å². The molecule has 0 spiro atoms. The van der Waals surface area contributed by atoms with Gasteiger partial charge in [-0.05, 0) is 31.9 Å². The van der Waals surface area contributed by atoms with E-state index in [-0.39, 0.29) is 25.6 Å². The van der Waals surface area contributed by atoms with Gasteiger partial charge in [0.25, 0.3) is 0 Å². The zero-order valence-electron chi connectivity index (χ0n) is 21.8. The van der Waals surface area contributed by atoms with Gasteiger partial charge in [-0.1, -0.05) is 31.3 Å². The molecule has 1 heterocycles. The van der Waals surface area contributed by atoms with Gasteiger partial charge in [0.2, 0.25) is 5.91 Å². The Balaban J connectivity index is 2.38. The number of cyclic esters (lactones) is 1. The minimum Gasteiger partial charge on any atom is -0.496 e. The highest BCUT2D eigenvalue weighted by Gasteiger charge is 2.33. The van der Waals surface area contributed by atoms with Crippen LogP contribution >= 0.6 is 7.60 Å². The summed E-state index contributed by atoms with van der Waals surface area (Å²) in [5.41, 5.74) is 3.63. The van der Waals surface area contributed by atoms with Gasteiger partial charge in [-0.2, -0.15) is 0 Å². The van der Waals surface area contributed by atoms with E-state index in [0.717, 1.165) is 28.3 Å². The number of allylic oxidation sites excluding steroid dienone is 1. The van der Waals surface area contributed by atoms with Crippen molar-refractivity contribution < 1.29 is 38.2 Å². The molecule has 2 N–H and O–H groups in total. The largest absolute Gasteiger partial charge is 0.496 e. The lowest BCUT2D eigenvalue weighted by molar-refractivity contribution is -0.128. The van der Waals surface area contributed by atoms with E-state index < -0.39 is 27.8 Å². The minimum atomic E-state index is -4.21. The summed E-state index contributed by atoms with van der Waals surface area (Å²) in [4.78, 5) is 44.3. The maximum Gasteiger partial charge on any atom is 0.342 e. The van der Waals surface area contributed by atoms with Crippen LogP contribution in [0, 0.1) is 6.92 Å². The van der Waals surface area contributed by atoms with Gasteiger partial charge >= 0.3 is 13.6 Å². The van der Waals surface area contributed by atoms with E-state index in [1.54, 1.807) is 7.11 Å². The number of esters is 1. The molecule has 2 rings (SSSR count). The predicted molar refractivity (Wildman–Crippen MR) is 137 cm³/mol. The molecule has 11 heteroatoms. The molecule has 1 aromatic carbocycles. The van der Waals surface area contributed by atoms with E-state index in [1.807, 2.05) is 19.9 Å². The topological polar surface area (TPSA) is 123 Å². The van der Waals surface area contributed by atoms with Crippen molar-refractivity contribution in [2.45, 2.75) is 59.5 Å². The van der Waals surface area contributed by atoms with E-state index in [2.05, 4.69) is 19.6 Å². The average molecular weight is 528 g/mol. The fourth-order valence-electron chi connectivity index (χ4n) is 3.87. The van der Waals surface area contributed by atoms with Gasteiger partial charge in [-0.3, -0.25) is 9.36 Å². The van der Waals surface area contributed by atoms with Crippen LogP contribution in [0.15, 0.2) is 11.6 Å². The lowest BCUT2D eigenvalue weighted by Crippen LogP contribution is -2.33. The molecule has 0 atom stereocenters. The molecule has 196 valence electrons. The Kier molecular flexibility index (Phi) is 9.76. The second kappa shape index (κ2) is 11.7. The fraction of sp³-hybridized carbons (Fsp3) is 0.583. The molecule has 35 heavy (non-hydrogen) atoms. The molecule has 1 amide bonds. The van der Waals surface area contributed by atoms with Crippen molar-refractivity contribution in [3.63, 3.8) is 0 Å². The number of methoxy groups -OCH3 is 1. The number of hydrogen-bond donors (Lipinski definition) is 2. The summed E-state index contributed by atoms with van der Waals surface area (Å²) in [6, 6.07) is 0.925. The summed E-state index contributed by atoms with van der Waals surface area (Å²) in [6.07, 6.45) is 1.92. The van der Waals surface area contributed by atoms with E-state index in [9.17, 15) is 14.2 Å². The van der Waals surface area contributed by atoms with Crippen LogP contribution in [0.4, 0.5) is 0 Å². The zero-order chi connectivity index (χ0) is 26.6. The molecule has 9 nitrogen and oxygen atoms in total. The maximum atomic E-state index is 12.6. The molecular formula is C24H38NO8PSi. The van der Waals surface area contributed by atoms with E-state index in [0.29, 0.717) is 30.1 Å². The number of amides is 1. The molecule has 0 radical (unpaired) electrons. The molecule has 0 bridgehead atoms. The van der Waals surface area contributed by atoms with Crippen molar-refractivity contribution in [1.82, 2.24) is 4.90 Å². The Morgan fingerprint density at radius 2 is 1.89 bits per heavy atom. The smallest absolute Gasteiger partial charge is 0.342 e. The third kappa shape index (κ3) is 8.20. The van der Waals surface area contributed by atoms with Crippen LogP contribution in [0.25, 0.3) is 0 Å². The Morgan fingerprint density at radius 1 is 1.23 bits per heavy atom. The molecule has 0 saturated heterocycles. The van der Waals surface area contributed by atoms with Crippen LogP contribution in [0.1, 0.15) is 40.9 Å². The third-order valence-electron chi connectivity index (χ3n) is 5.93. The van der Waals surface area contributed by atoms with Gasteiger partial charge in [-0.15, -0.1) is 0 Å². The number of fused-ring (bicyclic) bond motifs is 1. The first-order chi connectivity index (χ1) is 16.1. The summed E-state index contributed by atoms with van der Waals surface area (Å²) < 4.78 is 28.5. The molecule has 1 aliphatic heterocycles. The van der Waals surface area contributed by atoms with Gasteiger partial charge in [0.1, 0.15) is 23.7 Å². The predicted octanol–water partition coefficient (Wildman–Crippen LogP) is 3.91. The van der Waals surface area contributed by atoms with E-state index in [4.69, 9.17) is 24.0 Å². The molecule has 0 aromatic heterocycles. The normalized spacial score (nSPS) is 14.0. The van der Waals surface area contributed by atoms with Gasteiger partial charge in [0, 0.05) is 39.2 Å². The second-order valence-corrected chi connectivity index (χ2v) is 17.5. The highest BCUT2D eigenvalue weighted by atomic mass is 31.2. The third-order valence-corrected chi connectivity index (χ3v) is 8.41. The summed E-state index contributed by atoms with van der Waals surface area (Å²) in [6.45, 7) is 12.7.